The average Bonchev–Trinajstić information content (AvgIpc) is 3.20. The van der Waals surface area contributed by atoms with E-state index in [1.165, 1.54) is 7.11 Å². The van der Waals surface area contributed by atoms with Gasteiger partial charge in [-0.15, -0.1) is 11.8 Å². The number of nitrogens with one attached hydrogen (secondary N) is 1. The molecule has 0 bridgehead atoms. The zero-order chi connectivity index (χ0) is 16.4. The minimum Gasteiger partial charge on any atom is -0.466 e. The standard InChI is InChI=1S/C17H21NO4S/c1-10-6-7-11(22-10)8-9-14(19)18-16-15(17(20)21-2)12-4-3-5-13(12)23-16/h6-7,12-13H,3-5,8-9H2,1-2H3,(H,18,19)/t12-,13-/m0/s1. The van der Waals surface area contributed by atoms with Gasteiger partial charge in [0.25, 0.3) is 0 Å². The van der Waals surface area contributed by atoms with Gasteiger partial charge in [0.05, 0.1) is 17.7 Å². The predicted octanol–water partition coefficient (Wildman–Crippen LogP) is 2.94. The molecular formula is C17H21NO4S. The van der Waals surface area contributed by atoms with Gasteiger partial charge in [-0.05, 0) is 31.9 Å². The number of rotatable bonds is 5. The van der Waals surface area contributed by atoms with Gasteiger partial charge in [-0.1, -0.05) is 6.42 Å². The zero-order valence-electron chi connectivity index (χ0n) is 13.4. The summed E-state index contributed by atoms with van der Waals surface area (Å²) in [7, 11) is 1.39. The summed E-state index contributed by atoms with van der Waals surface area (Å²) < 4.78 is 10.4. The highest BCUT2D eigenvalue weighted by atomic mass is 32.2. The van der Waals surface area contributed by atoms with E-state index in [1.54, 1.807) is 11.8 Å². The predicted molar refractivity (Wildman–Crippen MR) is 87.7 cm³/mol. The molecule has 124 valence electrons. The normalized spacial score (nSPS) is 23.0. The van der Waals surface area contributed by atoms with Gasteiger partial charge < -0.3 is 14.5 Å². The number of carbonyl (C=O) groups excluding carboxylic acids is 2. The van der Waals surface area contributed by atoms with Gasteiger partial charge in [-0.25, -0.2) is 4.79 Å². The van der Waals surface area contributed by atoms with E-state index in [0.29, 0.717) is 28.7 Å². The van der Waals surface area contributed by atoms with Gasteiger partial charge in [-0.3, -0.25) is 4.79 Å². The highest BCUT2D eigenvalue weighted by Crippen LogP contribution is 2.49. The molecule has 5 nitrogen and oxygen atoms in total. The van der Waals surface area contributed by atoms with Crippen molar-refractivity contribution in [1.29, 1.82) is 0 Å². The fourth-order valence-electron chi connectivity index (χ4n) is 3.28. The molecule has 2 atom stereocenters. The van der Waals surface area contributed by atoms with Crippen molar-refractivity contribution in [3.8, 4) is 0 Å². The lowest BCUT2D eigenvalue weighted by Gasteiger charge is -2.11. The number of aryl methyl sites for hydroxylation is 2. The summed E-state index contributed by atoms with van der Waals surface area (Å²) in [6.45, 7) is 1.88. The van der Waals surface area contributed by atoms with E-state index < -0.39 is 0 Å². The molecule has 1 N–H and O–H groups in total. The van der Waals surface area contributed by atoms with E-state index in [1.807, 2.05) is 19.1 Å². The highest BCUT2D eigenvalue weighted by Gasteiger charge is 2.42. The number of esters is 1. The molecule has 0 radical (unpaired) electrons. The maximum Gasteiger partial charge on any atom is 0.336 e. The van der Waals surface area contributed by atoms with Crippen molar-refractivity contribution >= 4 is 23.6 Å². The molecule has 23 heavy (non-hydrogen) atoms. The topological polar surface area (TPSA) is 68.5 Å². The molecule has 0 aromatic carbocycles. The third-order valence-corrected chi connectivity index (χ3v) is 5.81. The minimum atomic E-state index is -0.316. The Balaban J connectivity index is 1.64. The number of amides is 1. The van der Waals surface area contributed by atoms with Gasteiger partial charge in [-0.2, -0.15) is 0 Å². The van der Waals surface area contributed by atoms with Crippen LogP contribution in [0.2, 0.25) is 0 Å². The Hall–Kier alpha value is -1.69. The average molecular weight is 335 g/mol. The SMILES string of the molecule is COC(=O)C1=C(NC(=O)CCc2ccc(C)o2)S[C@H]2CCC[C@H]12. The van der Waals surface area contributed by atoms with Crippen molar-refractivity contribution in [2.45, 2.75) is 44.3 Å². The first-order valence-electron chi connectivity index (χ1n) is 7.92. The Bertz CT molecular complexity index is 649. The van der Waals surface area contributed by atoms with Crippen LogP contribution in [0.3, 0.4) is 0 Å². The summed E-state index contributed by atoms with van der Waals surface area (Å²) in [6, 6.07) is 3.77. The van der Waals surface area contributed by atoms with E-state index in [-0.39, 0.29) is 17.8 Å². The van der Waals surface area contributed by atoms with Gasteiger partial charge in [0.1, 0.15) is 11.5 Å². The number of methoxy groups -OCH3 is 1. The van der Waals surface area contributed by atoms with Gasteiger partial charge in [0.2, 0.25) is 5.91 Å². The lowest BCUT2D eigenvalue weighted by Crippen LogP contribution is -2.24. The second kappa shape index (κ2) is 6.83. The number of thioether (sulfide) groups is 1. The Kier molecular flexibility index (Phi) is 4.80. The molecule has 1 aromatic heterocycles. The van der Waals surface area contributed by atoms with Crippen LogP contribution in [0, 0.1) is 12.8 Å². The lowest BCUT2D eigenvalue weighted by atomic mass is 9.98. The minimum absolute atomic E-state index is 0.0945. The molecule has 1 saturated carbocycles. The fraction of sp³-hybridized carbons (Fsp3) is 0.529. The molecule has 0 saturated heterocycles. The van der Waals surface area contributed by atoms with Crippen LogP contribution in [0.5, 0.6) is 0 Å². The molecule has 2 aliphatic rings. The molecule has 1 aliphatic heterocycles. The molecule has 1 amide bonds. The number of furan rings is 1. The summed E-state index contributed by atoms with van der Waals surface area (Å²) in [5.41, 5.74) is 0.655. The van der Waals surface area contributed by atoms with E-state index in [9.17, 15) is 9.59 Å². The van der Waals surface area contributed by atoms with Crippen LogP contribution in [0.25, 0.3) is 0 Å². The summed E-state index contributed by atoms with van der Waals surface area (Å²) >= 11 is 1.61. The first-order valence-corrected chi connectivity index (χ1v) is 8.80. The van der Waals surface area contributed by atoms with Gasteiger partial charge >= 0.3 is 5.97 Å². The van der Waals surface area contributed by atoms with Crippen molar-refractivity contribution < 1.29 is 18.7 Å². The number of hydrogen-bond acceptors (Lipinski definition) is 5. The van der Waals surface area contributed by atoms with Crippen molar-refractivity contribution in [3.05, 3.63) is 34.3 Å². The molecule has 0 unspecified atom stereocenters. The highest BCUT2D eigenvalue weighted by molar-refractivity contribution is 8.04. The molecule has 3 rings (SSSR count). The molecular weight excluding hydrogens is 314 g/mol. The fourth-order valence-corrected chi connectivity index (χ4v) is 4.83. The van der Waals surface area contributed by atoms with Gasteiger partial charge in [0, 0.05) is 24.0 Å². The number of ether oxygens (including phenoxy) is 1. The number of carbonyl (C=O) groups is 2. The van der Waals surface area contributed by atoms with Crippen LogP contribution >= 0.6 is 11.8 Å². The van der Waals surface area contributed by atoms with Crippen LogP contribution in [0.4, 0.5) is 0 Å². The summed E-state index contributed by atoms with van der Waals surface area (Å²) in [4.78, 5) is 24.3. The summed E-state index contributed by atoms with van der Waals surface area (Å²) in [5.74, 6) is 1.45. The number of hydrogen-bond donors (Lipinski definition) is 1. The zero-order valence-corrected chi connectivity index (χ0v) is 14.2. The largest absolute Gasteiger partial charge is 0.466 e. The summed E-state index contributed by atoms with van der Waals surface area (Å²) in [6.07, 6.45) is 4.09. The van der Waals surface area contributed by atoms with Crippen molar-refractivity contribution in [2.24, 2.45) is 5.92 Å². The van der Waals surface area contributed by atoms with E-state index in [4.69, 9.17) is 9.15 Å². The Morgan fingerprint density at radius 1 is 1.39 bits per heavy atom. The molecule has 6 heteroatoms. The van der Waals surface area contributed by atoms with Crippen LogP contribution in [-0.2, 0) is 20.7 Å². The van der Waals surface area contributed by atoms with Crippen LogP contribution in [0.1, 0.15) is 37.2 Å². The second-order valence-electron chi connectivity index (χ2n) is 5.99. The third-order valence-electron chi connectivity index (χ3n) is 4.39. The maximum absolute atomic E-state index is 12.2. The number of fused-ring (bicyclic) bond motifs is 1. The molecule has 1 aromatic rings. The van der Waals surface area contributed by atoms with E-state index >= 15 is 0 Å². The smallest absolute Gasteiger partial charge is 0.336 e. The van der Waals surface area contributed by atoms with E-state index in [2.05, 4.69) is 5.32 Å². The first kappa shape index (κ1) is 16.2. The van der Waals surface area contributed by atoms with Crippen molar-refractivity contribution in [2.75, 3.05) is 7.11 Å². The molecule has 0 spiro atoms. The van der Waals surface area contributed by atoms with Crippen LogP contribution < -0.4 is 5.32 Å². The van der Waals surface area contributed by atoms with Crippen molar-refractivity contribution in [1.82, 2.24) is 5.32 Å². The quantitative estimate of drug-likeness (QED) is 0.838. The second-order valence-corrected chi connectivity index (χ2v) is 7.24. The summed E-state index contributed by atoms with van der Waals surface area (Å²) in [5, 5.41) is 3.99. The van der Waals surface area contributed by atoms with Gasteiger partial charge in [0.15, 0.2) is 0 Å². The molecule has 1 aliphatic carbocycles. The van der Waals surface area contributed by atoms with E-state index in [0.717, 1.165) is 30.8 Å². The molecule has 2 heterocycles. The monoisotopic (exact) mass is 335 g/mol. The van der Waals surface area contributed by atoms with Crippen LogP contribution in [0.15, 0.2) is 27.2 Å². The Morgan fingerprint density at radius 2 is 2.22 bits per heavy atom. The van der Waals surface area contributed by atoms with Crippen molar-refractivity contribution in [3.63, 3.8) is 0 Å². The Morgan fingerprint density at radius 3 is 2.91 bits per heavy atom. The lowest BCUT2D eigenvalue weighted by molar-refractivity contribution is -0.136. The maximum atomic E-state index is 12.2. The van der Waals surface area contributed by atoms with Crippen LogP contribution in [-0.4, -0.2) is 24.2 Å². The third kappa shape index (κ3) is 3.47. The molecule has 1 fully saturated rings. The first-order chi connectivity index (χ1) is 11.1. The Labute approximate surface area is 139 Å².